The van der Waals surface area contributed by atoms with Crippen molar-refractivity contribution in [2.75, 3.05) is 12.6 Å². The van der Waals surface area contributed by atoms with Crippen molar-refractivity contribution in [3.05, 3.63) is 11.6 Å². The molecule has 2 heteroatoms. The molecule has 0 saturated carbocycles. The van der Waals surface area contributed by atoms with E-state index in [2.05, 4.69) is 6.92 Å². The van der Waals surface area contributed by atoms with Gasteiger partial charge in [-0.2, -0.15) is 0 Å². The van der Waals surface area contributed by atoms with Gasteiger partial charge in [0.25, 0.3) is 0 Å². The summed E-state index contributed by atoms with van der Waals surface area (Å²) in [6, 6.07) is 0. The molecule has 0 spiro atoms. The lowest BCUT2D eigenvalue weighted by molar-refractivity contribution is 0.560. The minimum atomic E-state index is -0.331. The third kappa shape index (κ3) is 22.5. The van der Waals surface area contributed by atoms with Gasteiger partial charge in [0.15, 0.2) is 0 Å². The van der Waals surface area contributed by atoms with E-state index in [1.807, 2.05) is 13.8 Å². The van der Waals surface area contributed by atoms with Gasteiger partial charge in [-0.15, -0.1) is 11.6 Å². The first-order valence-electron chi connectivity index (χ1n) is 4.44. The molecule has 0 aromatic heterocycles. The normalized spacial score (nSPS) is 8.42. The lowest BCUT2D eigenvalue weighted by Crippen LogP contribution is -1.70. The van der Waals surface area contributed by atoms with E-state index in [0.717, 1.165) is 11.5 Å². The highest BCUT2D eigenvalue weighted by Gasteiger charge is 1.76. The fourth-order valence-electron chi connectivity index (χ4n) is 0.499. The Balaban J connectivity index is 0. The van der Waals surface area contributed by atoms with Crippen LogP contribution < -0.4 is 0 Å². The fraction of sp³-hybridized carbons (Fsp3) is 0.800. The van der Waals surface area contributed by atoms with Gasteiger partial charge in [0, 0.05) is 5.88 Å². The Morgan fingerprint density at radius 2 is 1.92 bits per heavy atom. The molecular formula is C10H20ClF. The Hall–Kier alpha value is -0.0400. The highest BCUT2D eigenvalue weighted by Crippen LogP contribution is 1.93. The summed E-state index contributed by atoms with van der Waals surface area (Å²) in [7, 11) is 0. The molecule has 0 N–H and O–H groups in total. The van der Waals surface area contributed by atoms with Crippen LogP contribution in [0.1, 0.15) is 40.0 Å². The lowest BCUT2D eigenvalue weighted by Gasteiger charge is -1.84. The van der Waals surface area contributed by atoms with Crippen LogP contribution in [0, 0.1) is 0 Å². The first kappa shape index (κ1) is 14.5. The Morgan fingerprint density at radius 1 is 1.33 bits per heavy atom. The molecule has 0 bridgehead atoms. The minimum absolute atomic E-state index is 0.331. The second-order valence-corrected chi connectivity index (χ2v) is 3.21. The van der Waals surface area contributed by atoms with Gasteiger partial charge in [-0.3, -0.25) is 0 Å². The monoisotopic (exact) mass is 194 g/mol. The standard InChI is InChI=1S/C5H11Cl.C5H9F/c1-2-3-4-5-6;1-5(2)3-4-6/h2-5H2,1H3;3H,4H2,1-2H3. The first-order chi connectivity index (χ1) is 5.68. The molecule has 0 aromatic rings. The topological polar surface area (TPSA) is 0 Å². The number of hydrogen-bond acceptors (Lipinski definition) is 0. The molecule has 0 aliphatic heterocycles. The lowest BCUT2D eigenvalue weighted by atomic mass is 10.3. The fourth-order valence-corrected chi connectivity index (χ4v) is 0.688. The molecule has 0 heterocycles. The molecule has 0 aliphatic rings. The van der Waals surface area contributed by atoms with Gasteiger partial charge in [-0.05, 0) is 20.3 Å². The smallest absolute Gasteiger partial charge is 0.108 e. The zero-order valence-corrected chi connectivity index (χ0v) is 9.12. The molecule has 0 radical (unpaired) electrons. The average molecular weight is 195 g/mol. The van der Waals surface area contributed by atoms with E-state index in [-0.39, 0.29) is 6.67 Å². The summed E-state index contributed by atoms with van der Waals surface area (Å²) in [5.74, 6) is 0.827. The SMILES string of the molecule is CC(C)=CCF.CCCCCCl. The van der Waals surface area contributed by atoms with Gasteiger partial charge in [-0.1, -0.05) is 31.4 Å². The third-order valence-electron chi connectivity index (χ3n) is 1.22. The molecule has 0 saturated heterocycles. The zero-order valence-electron chi connectivity index (χ0n) is 8.37. The van der Waals surface area contributed by atoms with E-state index >= 15 is 0 Å². The molecule has 74 valence electrons. The quantitative estimate of drug-likeness (QED) is 0.355. The summed E-state index contributed by atoms with van der Waals surface area (Å²) in [5, 5.41) is 0. The van der Waals surface area contributed by atoms with Crippen LogP contribution in [0.3, 0.4) is 0 Å². The van der Waals surface area contributed by atoms with Crippen LogP contribution in [-0.2, 0) is 0 Å². The Kier molecular flexibility index (Phi) is 16.3. The Bertz CT molecular complexity index is 92.0. The molecule has 0 unspecified atom stereocenters. The van der Waals surface area contributed by atoms with Crippen molar-refractivity contribution in [2.45, 2.75) is 40.0 Å². The van der Waals surface area contributed by atoms with Gasteiger partial charge in [0.2, 0.25) is 0 Å². The summed E-state index contributed by atoms with van der Waals surface area (Å²) in [6.45, 7) is 5.59. The molecule has 0 atom stereocenters. The van der Waals surface area contributed by atoms with Crippen molar-refractivity contribution in [3.63, 3.8) is 0 Å². The van der Waals surface area contributed by atoms with E-state index in [0.29, 0.717) is 0 Å². The summed E-state index contributed by atoms with van der Waals surface area (Å²) < 4.78 is 11.2. The maximum Gasteiger partial charge on any atom is 0.108 e. The first-order valence-corrected chi connectivity index (χ1v) is 4.97. The van der Waals surface area contributed by atoms with Crippen LogP contribution in [0.5, 0.6) is 0 Å². The van der Waals surface area contributed by atoms with Crippen molar-refractivity contribution in [3.8, 4) is 0 Å². The molecule has 0 nitrogen and oxygen atoms in total. The van der Waals surface area contributed by atoms with Crippen LogP contribution in [0.4, 0.5) is 4.39 Å². The maximum absolute atomic E-state index is 11.2. The van der Waals surface area contributed by atoms with Gasteiger partial charge >= 0.3 is 0 Å². The minimum Gasteiger partial charge on any atom is -0.247 e. The number of allylic oxidation sites excluding steroid dienone is 2. The van der Waals surface area contributed by atoms with Gasteiger partial charge in [0.1, 0.15) is 6.67 Å². The van der Waals surface area contributed by atoms with Crippen molar-refractivity contribution in [2.24, 2.45) is 0 Å². The van der Waals surface area contributed by atoms with Crippen molar-refractivity contribution in [1.82, 2.24) is 0 Å². The number of unbranched alkanes of at least 4 members (excludes halogenated alkanes) is 2. The van der Waals surface area contributed by atoms with Crippen LogP contribution in [0.15, 0.2) is 11.6 Å². The van der Waals surface area contributed by atoms with Crippen molar-refractivity contribution >= 4 is 11.6 Å². The second kappa shape index (κ2) is 13.5. The van der Waals surface area contributed by atoms with Crippen LogP contribution in [-0.4, -0.2) is 12.6 Å². The molecule has 12 heavy (non-hydrogen) atoms. The maximum atomic E-state index is 11.2. The Morgan fingerprint density at radius 3 is 2.00 bits per heavy atom. The number of alkyl halides is 2. The molecule has 0 fully saturated rings. The average Bonchev–Trinajstić information content (AvgIpc) is 2.02. The molecule has 0 rings (SSSR count). The zero-order chi connectivity index (χ0) is 9.82. The van der Waals surface area contributed by atoms with E-state index in [1.54, 1.807) is 6.08 Å². The second-order valence-electron chi connectivity index (χ2n) is 2.83. The molecule has 0 amide bonds. The molecule has 0 aromatic carbocycles. The predicted octanol–water partition coefficient (Wildman–Crippen LogP) is 4.34. The van der Waals surface area contributed by atoms with Crippen LogP contribution >= 0.6 is 11.6 Å². The highest BCUT2D eigenvalue weighted by atomic mass is 35.5. The van der Waals surface area contributed by atoms with Crippen LogP contribution in [0.25, 0.3) is 0 Å². The third-order valence-corrected chi connectivity index (χ3v) is 1.49. The van der Waals surface area contributed by atoms with Gasteiger partial charge < -0.3 is 0 Å². The van der Waals surface area contributed by atoms with E-state index in [4.69, 9.17) is 11.6 Å². The number of rotatable bonds is 4. The highest BCUT2D eigenvalue weighted by molar-refractivity contribution is 6.17. The molecule has 0 aliphatic carbocycles. The van der Waals surface area contributed by atoms with Gasteiger partial charge in [-0.25, -0.2) is 4.39 Å². The number of hydrogen-bond donors (Lipinski definition) is 0. The summed E-state index contributed by atoms with van der Waals surface area (Å²) >= 11 is 5.38. The van der Waals surface area contributed by atoms with Crippen molar-refractivity contribution < 1.29 is 4.39 Å². The largest absolute Gasteiger partial charge is 0.247 e. The van der Waals surface area contributed by atoms with Crippen molar-refractivity contribution in [1.29, 1.82) is 0 Å². The van der Waals surface area contributed by atoms with Crippen LogP contribution in [0.2, 0.25) is 0 Å². The van der Waals surface area contributed by atoms with Gasteiger partial charge in [0.05, 0.1) is 0 Å². The summed E-state index contributed by atoms with van der Waals surface area (Å²) in [6.07, 6.45) is 5.27. The predicted molar refractivity (Wildman–Crippen MR) is 55.7 cm³/mol. The number of halogens is 2. The van der Waals surface area contributed by atoms with E-state index < -0.39 is 0 Å². The Labute approximate surface area is 80.8 Å². The van der Waals surface area contributed by atoms with E-state index in [9.17, 15) is 4.39 Å². The summed E-state index contributed by atoms with van der Waals surface area (Å²) in [5.41, 5.74) is 1.04. The molecular weight excluding hydrogens is 175 g/mol. The summed E-state index contributed by atoms with van der Waals surface area (Å²) in [4.78, 5) is 0. The van der Waals surface area contributed by atoms with E-state index in [1.165, 1.54) is 19.3 Å².